The Hall–Kier alpha value is -2.44. The lowest BCUT2D eigenvalue weighted by atomic mass is 9.95. The van der Waals surface area contributed by atoms with E-state index < -0.39 is 0 Å². The molecule has 5 rings (SSSR count). The van der Waals surface area contributed by atoms with E-state index in [4.69, 9.17) is 5.10 Å². The number of amides is 1. The van der Waals surface area contributed by atoms with Crippen molar-refractivity contribution in [3.05, 3.63) is 58.2 Å². The summed E-state index contributed by atoms with van der Waals surface area (Å²) in [5.41, 5.74) is 5.88. The summed E-state index contributed by atoms with van der Waals surface area (Å²) in [5, 5.41) is 7.98. The highest BCUT2D eigenvalue weighted by molar-refractivity contribution is 7.17. The van der Waals surface area contributed by atoms with Crippen LogP contribution in [-0.2, 0) is 12.8 Å². The summed E-state index contributed by atoms with van der Waals surface area (Å²) in [7, 11) is 0. The topological polar surface area (TPSA) is 50.2 Å². The first-order valence-corrected chi connectivity index (χ1v) is 12.2. The van der Waals surface area contributed by atoms with E-state index in [1.165, 1.54) is 34.5 Å². The zero-order valence-corrected chi connectivity index (χ0v) is 19.2. The van der Waals surface area contributed by atoms with Gasteiger partial charge < -0.3 is 10.2 Å². The number of aromatic nitrogens is 2. The number of hydrogen-bond donors (Lipinski definition) is 1. The van der Waals surface area contributed by atoms with Gasteiger partial charge in [-0.1, -0.05) is 25.1 Å². The van der Waals surface area contributed by atoms with Gasteiger partial charge in [-0.2, -0.15) is 5.10 Å². The summed E-state index contributed by atoms with van der Waals surface area (Å²) < 4.78 is 2.08. The number of aryl methyl sites for hydroxylation is 2. The van der Waals surface area contributed by atoms with Gasteiger partial charge >= 0.3 is 0 Å². The third-order valence-electron chi connectivity index (χ3n) is 6.64. The third-order valence-corrected chi connectivity index (χ3v) is 7.83. The lowest BCUT2D eigenvalue weighted by molar-refractivity contribution is 0.0948. The highest BCUT2D eigenvalue weighted by Crippen LogP contribution is 2.42. The van der Waals surface area contributed by atoms with Gasteiger partial charge in [-0.3, -0.25) is 4.79 Å². The van der Waals surface area contributed by atoms with E-state index in [1.54, 1.807) is 11.3 Å². The fourth-order valence-electron chi connectivity index (χ4n) is 4.78. The average molecular weight is 435 g/mol. The lowest BCUT2D eigenvalue weighted by Crippen LogP contribution is -2.39. The molecular formula is C25H30N4OS. The Kier molecular flexibility index (Phi) is 5.67. The zero-order chi connectivity index (χ0) is 21.4. The molecule has 1 saturated heterocycles. The minimum atomic E-state index is 0.0550. The maximum atomic E-state index is 12.8. The second-order valence-electron chi connectivity index (χ2n) is 8.90. The Labute approximate surface area is 188 Å². The third kappa shape index (κ3) is 4.06. The van der Waals surface area contributed by atoms with Crippen LogP contribution in [0.25, 0.3) is 16.1 Å². The van der Waals surface area contributed by atoms with Gasteiger partial charge in [0, 0.05) is 23.5 Å². The fourth-order valence-corrected chi connectivity index (χ4v) is 6.02. The summed E-state index contributed by atoms with van der Waals surface area (Å²) in [4.78, 5) is 17.3. The molecule has 6 heteroatoms. The standard InChI is InChI=1S/C25H30N4OS/c1-17-10-13-28(14-11-17)15-12-26-25(30)22-16-19-8-9-21-23(24(19)31-22)18(2)27-29(21)20-6-4-3-5-7-20/h3-7,16-17H,8-15H2,1-2H3,(H,26,30). The molecule has 2 aromatic heterocycles. The van der Waals surface area contributed by atoms with Crippen LogP contribution >= 0.6 is 11.3 Å². The molecule has 1 N–H and O–H groups in total. The van der Waals surface area contributed by atoms with E-state index in [0.717, 1.165) is 54.7 Å². The molecule has 2 aliphatic rings. The normalized spacial score (nSPS) is 16.7. The van der Waals surface area contributed by atoms with Crippen LogP contribution in [0.5, 0.6) is 0 Å². The van der Waals surface area contributed by atoms with Crippen molar-refractivity contribution in [2.24, 2.45) is 5.92 Å². The summed E-state index contributed by atoms with van der Waals surface area (Å²) in [6, 6.07) is 12.4. The Bertz CT molecular complexity index is 1080. The number of nitrogens with zero attached hydrogens (tertiary/aromatic N) is 3. The van der Waals surface area contributed by atoms with Crippen molar-refractivity contribution in [1.29, 1.82) is 0 Å². The minimum Gasteiger partial charge on any atom is -0.350 e. The number of likely N-dealkylation sites (tertiary alicyclic amines) is 1. The second-order valence-corrected chi connectivity index (χ2v) is 9.95. The zero-order valence-electron chi connectivity index (χ0n) is 18.4. The number of piperidine rings is 1. The van der Waals surface area contributed by atoms with Gasteiger partial charge in [0.1, 0.15) is 0 Å². The number of benzene rings is 1. The van der Waals surface area contributed by atoms with E-state index in [2.05, 4.69) is 46.9 Å². The van der Waals surface area contributed by atoms with Gasteiger partial charge in [-0.25, -0.2) is 4.68 Å². The average Bonchev–Trinajstić information content (AvgIpc) is 3.37. The number of carbonyl (C=O) groups excluding carboxylic acids is 1. The SMILES string of the molecule is Cc1nn(-c2ccccc2)c2c1-c1sc(C(=O)NCCN3CCC(C)CC3)cc1CC2. The van der Waals surface area contributed by atoms with Crippen LogP contribution in [0.1, 0.15) is 46.4 Å². The van der Waals surface area contributed by atoms with Crippen molar-refractivity contribution in [2.45, 2.75) is 39.5 Å². The summed E-state index contributed by atoms with van der Waals surface area (Å²) in [6.45, 7) is 8.36. The second kappa shape index (κ2) is 8.60. The number of fused-ring (bicyclic) bond motifs is 3. The van der Waals surface area contributed by atoms with Crippen LogP contribution in [0.15, 0.2) is 36.4 Å². The summed E-state index contributed by atoms with van der Waals surface area (Å²) >= 11 is 1.62. The Morgan fingerprint density at radius 2 is 1.97 bits per heavy atom. The van der Waals surface area contributed by atoms with Crippen LogP contribution in [0.4, 0.5) is 0 Å². The fraction of sp³-hybridized carbons (Fsp3) is 0.440. The maximum absolute atomic E-state index is 12.8. The van der Waals surface area contributed by atoms with Gasteiger partial charge in [0.15, 0.2) is 0 Å². The predicted molar refractivity (Wildman–Crippen MR) is 126 cm³/mol. The molecule has 1 fully saturated rings. The molecule has 0 unspecified atom stereocenters. The quantitative estimate of drug-likeness (QED) is 0.645. The van der Waals surface area contributed by atoms with Gasteiger partial charge in [-0.15, -0.1) is 11.3 Å². The summed E-state index contributed by atoms with van der Waals surface area (Å²) in [6.07, 6.45) is 4.44. The van der Waals surface area contributed by atoms with Crippen LogP contribution in [0.3, 0.4) is 0 Å². The number of carbonyl (C=O) groups is 1. The number of nitrogens with one attached hydrogen (secondary N) is 1. The number of para-hydroxylation sites is 1. The first-order chi connectivity index (χ1) is 15.1. The summed E-state index contributed by atoms with van der Waals surface area (Å²) in [5.74, 6) is 0.891. The van der Waals surface area contributed by atoms with Crippen LogP contribution in [-0.4, -0.2) is 46.8 Å². The van der Waals surface area contributed by atoms with Crippen LogP contribution in [0, 0.1) is 12.8 Å². The molecule has 3 heterocycles. The van der Waals surface area contributed by atoms with E-state index in [1.807, 2.05) is 18.2 Å². The lowest BCUT2D eigenvalue weighted by Gasteiger charge is -2.30. The molecular weight excluding hydrogens is 404 g/mol. The van der Waals surface area contributed by atoms with E-state index in [-0.39, 0.29) is 5.91 Å². The van der Waals surface area contributed by atoms with Crippen molar-refractivity contribution in [3.63, 3.8) is 0 Å². The van der Waals surface area contributed by atoms with Gasteiger partial charge in [0.25, 0.3) is 5.91 Å². The number of hydrogen-bond acceptors (Lipinski definition) is 4. The Balaban J connectivity index is 1.31. The van der Waals surface area contributed by atoms with Crippen LogP contribution in [0.2, 0.25) is 0 Å². The number of rotatable bonds is 5. The van der Waals surface area contributed by atoms with Crippen molar-refractivity contribution >= 4 is 17.2 Å². The molecule has 0 saturated carbocycles. The maximum Gasteiger partial charge on any atom is 0.261 e. The highest BCUT2D eigenvalue weighted by atomic mass is 32.1. The highest BCUT2D eigenvalue weighted by Gasteiger charge is 2.27. The first-order valence-electron chi connectivity index (χ1n) is 11.4. The molecule has 1 aromatic carbocycles. The molecule has 1 aliphatic carbocycles. The molecule has 0 bridgehead atoms. The smallest absolute Gasteiger partial charge is 0.261 e. The van der Waals surface area contributed by atoms with Crippen molar-refractivity contribution in [2.75, 3.05) is 26.2 Å². The van der Waals surface area contributed by atoms with Gasteiger partial charge in [0.05, 0.1) is 22.0 Å². The molecule has 3 aromatic rings. The molecule has 0 atom stereocenters. The minimum absolute atomic E-state index is 0.0550. The van der Waals surface area contributed by atoms with Crippen molar-refractivity contribution in [3.8, 4) is 16.1 Å². The van der Waals surface area contributed by atoms with Gasteiger partial charge in [-0.05, 0) is 75.4 Å². The molecule has 162 valence electrons. The first kappa shape index (κ1) is 20.5. The van der Waals surface area contributed by atoms with Crippen LogP contribution < -0.4 is 5.32 Å². The van der Waals surface area contributed by atoms with E-state index in [9.17, 15) is 4.79 Å². The monoisotopic (exact) mass is 434 g/mol. The Morgan fingerprint density at radius 1 is 1.19 bits per heavy atom. The van der Waals surface area contributed by atoms with E-state index in [0.29, 0.717) is 6.54 Å². The van der Waals surface area contributed by atoms with Crippen molar-refractivity contribution in [1.82, 2.24) is 20.0 Å². The van der Waals surface area contributed by atoms with E-state index >= 15 is 0 Å². The Morgan fingerprint density at radius 3 is 2.74 bits per heavy atom. The molecule has 1 amide bonds. The molecule has 31 heavy (non-hydrogen) atoms. The van der Waals surface area contributed by atoms with Gasteiger partial charge in [0.2, 0.25) is 0 Å². The largest absolute Gasteiger partial charge is 0.350 e. The predicted octanol–water partition coefficient (Wildman–Crippen LogP) is 4.47. The number of thiophene rings is 1. The molecule has 0 radical (unpaired) electrons. The van der Waals surface area contributed by atoms with Crippen molar-refractivity contribution < 1.29 is 4.79 Å². The molecule has 5 nitrogen and oxygen atoms in total. The molecule has 1 aliphatic heterocycles. The molecule has 0 spiro atoms.